The van der Waals surface area contributed by atoms with Crippen molar-refractivity contribution >= 4 is 49.3 Å². The minimum Gasteiger partial charge on any atom is -0.318 e. The number of hydrogen-bond donors (Lipinski definition) is 0. The number of rotatable bonds is 2. The van der Waals surface area contributed by atoms with Crippen molar-refractivity contribution in [2.45, 2.75) is 38.5 Å². The molecule has 4 heteroatoms. The van der Waals surface area contributed by atoms with E-state index in [0.717, 1.165) is 43.6 Å². The van der Waals surface area contributed by atoms with E-state index in [1.807, 2.05) is 12.1 Å². The van der Waals surface area contributed by atoms with Crippen molar-refractivity contribution in [3.05, 3.63) is 173 Å². The van der Waals surface area contributed by atoms with Crippen LogP contribution in [-0.4, -0.2) is 9.13 Å². The van der Waals surface area contributed by atoms with Crippen molar-refractivity contribution < 1.29 is 0 Å². The summed E-state index contributed by atoms with van der Waals surface area (Å²) in [7, 11) is 0. The monoisotopic (exact) mass is 690 g/mol. The van der Waals surface area contributed by atoms with Crippen molar-refractivity contribution in [3.63, 3.8) is 0 Å². The average Bonchev–Trinajstić information content (AvgIpc) is 3.86. The minimum absolute atomic E-state index is 0.185. The maximum atomic E-state index is 11.1. The lowest BCUT2D eigenvalue weighted by Crippen LogP contribution is -2.14. The molecule has 0 aliphatic heterocycles. The van der Waals surface area contributed by atoms with Crippen LogP contribution in [0, 0.1) is 17.9 Å². The molecule has 2 aromatic heterocycles. The van der Waals surface area contributed by atoms with Gasteiger partial charge in [0.15, 0.2) is 0 Å². The van der Waals surface area contributed by atoms with Crippen molar-refractivity contribution in [1.82, 2.24) is 9.13 Å². The molecular weight excluding hydrogens is 657 g/mol. The van der Waals surface area contributed by atoms with E-state index in [1.54, 1.807) is 0 Å². The van der Waals surface area contributed by atoms with Gasteiger partial charge in [-0.3, -0.25) is 0 Å². The number of benzene rings is 7. The number of fused-ring (bicyclic) bond motifs is 14. The van der Waals surface area contributed by atoms with E-state index in [0.29, 0.717) is 22.6 Å². The molecule has 0 atom stereocenters. The molecule has 0 amide bonds. The molecule has 2 heterocycles. The van der Waals surface area contributed by atoms with Crippen molar-refractivity contribution in [2.75, 3.05) is 0 Å². The van der Waals surface area contributed by atoms with E-state index in [4.69, 9.17) is 6.57 Å². The molecule has 54 heavy (non-hydrogen) atoms. The molecule has 2 aliphatic rings. The lowest BCUT2D eigenvalue weighted by Gasteiger charge is -2.22. The largest absolute Gasteiger partial charge is 0.318 e. The maximum Gasteiger partial charge on any atom is 0.212 e. The Kier molecular flexibility index (Phi) is 5.90. The molecule has 0 saturated carbocycles. The minimum atomic E-state index is -0.186. The molecule has 2 aliphatic carbocycles. The van der Waals surface area contributed by atoms with E-state index in [2.05, 4.69) is 169 Å². The van der Waals surface area contributed by atoms with Crippen LogP contribution in [-0.2, 0) is 10.8 Å². The summed E-state index contributed by atoms with van der Waals surface area (Å²) in [4.78, 5) is 4.25. The van der Waals surface area contributed by atoms with E-state index >= 15 is 0 Å². The SMILES string of the molecule is [C-]#[N+]c1cc(-n2c3ccccc3c3ccc4c(c32)-c2ccccc2C4(C)C)c(C#N)cc1-n1c2ccccc2c2ccc3c(c21)-c1ccccc1C3(C)C. The van der Waals surface area contributed by atoms with Gasteiger partial charge in [-0.05, 0) is 57.6 Å². The summed E-state index contributed by atoms with van der Waals surface area (Å²) in [6.45, 7) is 17.9. The first-order valence-corrected chi connectivity index (χ1v) is 18.5. The van der Waals surface area contributed by atoms with Gasteiger partial charge in [0.2, 0.25) is 5.69 Å². The third-order valence-electron chi connectivity index (χ3n) is 12.6. The normalized spacial score (nSPS) is 14.6. The van der Waals surface area contributed by atoms with Crippen LogP contribution in [0.15, 0.2) is 133 Å². The van der Waals surface area contributed by atoms with Crippen LogP contribution in [0.25, 0.3) is 82.1 Å². The molecule has 0 saturated heterocycles. The van der Waals surface area contributed by atoms with Gasteiger partial charge in [-0.15, -0.1) is 0 Å². The Balaban J connectivity index is 1.27. The zero-order valence-electron chi connectivity index (χ0n) is 30.5. The van der Waals surface area contributed by atoms with Gasteiger partial charge in [0.1, 0.15) is 6.07 Å². The summed E-state index contributed by atoms with van der Waals surface area (Å²) >= 11 is 0. The lowest BCUT2D eigenvalue weighted by atomic mass is 9.82. The first-order valence-electron chi connectivity index (χ1n) is 18.5. The molecule has 7 aromatic carbocycles. The Hall–Kier alpha value is -6.88. The predicted octanol–water partition coefficient (Wildman–Crippen LogP) is 12.9. The quantitative estimate of drug-likeness (QED) is 0.166. The topological polar surface area (TPSA) is 38.0 Å². The molecule has 254 valence electrons. The van der Waals surface area contributed by atoms with Crippen LogP contribution in [0.1, 0.15) is 55.5 Å². The van der Waals surface area contributed by atoms with Gasteiger partial charge in [0.25, 0.3) is 0 Å². The summed E-state index contributed by atoms with van der Waals surface area (Å²) in [5.74, 6) is 0. The van der Waals surface area contributed by atoms with E-state index in [1.165, 1.54) is 44.5 Å². The van der Waals surface area contributed by atoms with Gasteiger partial charge in [-0.2, -0.15) is 5.26 Å². The molecule has 0 radical (unpaired) electrons. The molecule has 0 spiro atoms. The highest BCUT2D eigenvalue weighted by Crippen LogP contribution is 2.55. The summed E-state index contributed by atoms with van der Waals surface area (Å²) in [5.41, 5.74) is 16.2. The fraction of sp³-hybridized carbons (Fsp3) is 0.120. The average molecular weight is 691 g/mol. The highest BCUT2D eigenvalue weighted by atomic mass is 15.0. The Labute approximate surface area is 313 Å². The Morgan fingerprint density at radius 2 is 0.981 bits per heavy atom. The van der Waals surface area contributed by atoms with Crippen LogP contribution in [0.5, 0.6) is 0 Å². The zero-order chi connectivity index (χ0) is 36.7. The van der Waals surface area contributed by atoms with Crippen LogP contribution in [0.3, 0.4) is 0 Å². The van der Waals surface area contributed by atoms with Crippen LogP contribution in [0.4, 0.5) is 5.69 Å². The molecular formula is C50H34N4. The van der Waals surface area contributed by atoms with Crippen molar-refractivity contribution in [2.24, 2.45) is 0 Å². The fourth-order valence-electron chi connectivity index (χ4n) is 10.1. The molecule has 0 unspecified atom stereocenters. The predicted molar refractivity (Wildman–Crippen MR) is 221 cm³/mol. The summed E-state index contributed by atoms with van der Waals surface area (Å²) in [5, 5.41) is 15.6. The van der Waals surface area contributed by atoms with Gasteiger partial charge in [0.05, 0.1) is 45.6 Å². The van der Waals surface area contributed by atoms with E-state index < -0.39 is 0 Å². The summed E-state index contributed by atoms with van der Waals surface area (Å²) < 4.78 is 4.50. The van der Waals surface area contributed by atoms with Crippen molar-refractivity contribution in [3.8, 4) is 39.7 Å². The number of para-hydroxylation sites is 2. The Bertz CT molecular complexity index is 3020. The maximum absolute atomic E-state index is 11.1. The first kappa shape index (κ1) is 30.7. The van der Waals surface area contributed by atoms with Crippen LogP contribution < -0.4 is 0 Å². The second-order valence-corrected chi connectivity index (χ2v) is 15.9. The molecule has 4 nitrogen and oxygen atoms in total. The Morgan fingerprint density at radius 3 is 1.48 bits per heavy atom. The molecule has 0 N–H and O–H groups in total. The fourth-order valence-corrected chi connectivity index (χ4v) is 10.1. The highest BCUT2D eigenvalue weighted by molar-refractivity contribution is 6.17. The smallest absolute Gasteiger partial charge is 0.212 e. The molecule has 0 fully saturated rings. The standard InChI is InChI=1S/C50H34N4/c1-49(2)36-18-10-6-16-34(36)45-38(49)24-22-32-30-14-8-12-20-41(30)53(47(32)45)43-27-40(52-5)44(26-29(43)28-51)54-42-21-13-9-15-31(42)33-23-25-39-46(48(33)54)35-17-7-11-19-37(35)50(39,3)4/h6-27H,1-4H3. The van der Waals surface area contributed by atoms with Crippen molar-refractivity contribution in [1.29, 1.82) is 5.26 Å². The summed E-state index contributed by atoms with van der Waals surface area (Å²) in [6.07, 6.45) is 0. The summed E-state index contributed by atoms with van der Waals surface area (Å²) in [6, 6.07) is 49.9. The zero-order valence-corrected chi connectivity index (χ0v) is 30.5. The van der Waals surface area contributed by atoms with Crippen LogP contribution in [0.2, 0.25) is 0 Å². The molecule has 9 aromatic rings. The first-order chi connectivity index (χ1) is 26.3. The van der Waals surface area contributed by atoms with Gasteiger partial charge >= 0.3 is 0 Å². The van der Waals surface area contributed by atoms with Gasteiger partial charge in [-0.25, -0.2) is 4.85 Å². The van der Waals surface area contributed by atoms with Gasteiger partial charge in [0, 0.05) is 43.5 Å². The highest BCUT2D eigenvalue weighted by Gasteiger charge is 2.39. The lowest BCUT2D eigenvalue weighted by molar-refractivity contribution is 0.660. The van der Waals surface area contributed by atoms with E-state index in [-0.39, 0.29) is 10.8 Å². The number of hydrogen-bond acceptors (Lipinski definition) is 1. The van der Waals surface area contributed by atoms with E-state index in [9.17, 15) is 5.26 Å². The van der Waals surface area contributed by atoms with Gasteiger partial charge in [-0.1, -0.05) is 137 Å². The second-order valence-electron chi connectivity index (χ2n) is 15.9. The van der Waals surface area contributed by atoms with Crippen LogP contribution >= 0.6 is 0 Å². The molecule has 0 bridgehead atoms. The third kappa shape index (κ3) is 3.65. The number of nitriles is 1. The Morgan fingerprint density at radius 1 is 0.519 bits per heavy atom. The number of nitrogens with zero attached hydrogens (tertiary/aromatic N) is 4. The van der Waals surface area contributed by atoms with Gasteiger partial charge < -0.3 is 9.13 Å². The third-order valence-corrected chi connectivity index (χ3v) is 12.6. The number of aromatic nitrogens is 2. The second kappa shape index (κ2) is 10.4. The molecule has 11 rings (SSSR count).